The van der Waals surface area contributed by atoms with E-state index < -0.39 is 19.7 Å². The van der Waals surface area contributed by atoms with E-state index in [-0.39, 0.29) is 11.6 Å². The summed E-state index contributed by atoms with van der Waals surface area (Å²) in [7, 11) is -1.89. The minimum absolute atomic E-state index is 0.0909. The molecule has 1 atom stereocenters. The van der Waals surface area contributed by atoms with Gasteiger partial charge in [-0.2, -0.15) is 0 Å². The van der Waals surface area contributed by atoms with Crippen LogP contribution in [0.25, 0.3) is 0 Å². The Morgan fingerprint density at radius 3 is 2.06 bits per heavy atom. The fraction of sp³-hybridized carbons (Fsp3) is 0.750. The number of aliphatic carboxylic acids is 1. The van der Waals surface area contributed by atoms with Gasteiger partial charge in [-0.25, -0.2) is 0 Å². The average molecular weight is 244 g/mol. The molecule has 1 N–H and O–H groups in total. The van der Waals surface area contributed by atoms with Crippen molar-refractivity contribution in [3.05, 3.63) is 12.7 Å². The highest BCUT2D eigenvalue weighted by molar-refractivity contribution is 6.74. The SMILES string of the molecule is C=CC(C)(CO[Si](C)(C)C(C)(C)C)C(=O)O. The molecule has 0 fully saturated rings. The molecule has 94 valence electrons. The second-order valence-corrected chi connectivity index (χ2v) is 10.8. The van der Waals surface area contributed by atoms with E-state index in [0.717, 1.165) is 0 Å². The Labute approximate surface area is 99.6 Å². The predicted molar refractivity (Wildman–Crippen MR) is 69.1 cm³/mol. The van der Waals surface area contributed by atoms with E-state index in [0.29, 0.717) is 0 Å². The van der Waals surface area contributed by atoms with Crippen LogP contribution in [-0.4, -0.2) is 26.0 Å². The van der Waals surface area contributed by atoms with E-state index in [1.807, 2.05) is 0 Å². The van der Waals surface area contributed by atoms with Gasteiger partial charge in [0.2, 0.25) is 0 Å². The highest BCUT2D eigenvalue weighted by Gasteiger charge is 2.40. The van der Waals surface area contributed by atoms with Crippen LogP contribution in [-0.2, 0) is 9.22 Å². The van der Waals surface area contributed by atoms with Gasteiger partial charge in [0.25, 0.3) is 0 Å². The summed E-state index contributed by atoms with van der Waals surface area (Å²) in [5, 5.41) is 9.19. The maximum absolute atomic E-state index is 11.1. The molecular formula is C12H24O3Si. The fourth-order valence-electron chi connectivity index (χ4n) is 0.755. The van der Waals surface area contributed by atoms with Crippen LogP contribution in [0.4, 0.5) is 0 Å². The molecule has 0 saturated carbocycles. The smallest absolute Gasteiger partial charge is 0.315 e. The highest BCUT2D eigenvalue weighted by Crippen LogP contribution is 2.37. The third-order valence-electron chi connectivity index (χ3n) is 3.48. The van der Waals surface area contributed by atoms with E-state index in [1.165, 1.54) is 6.08 Å². The maximum atomic E-state index is 11.1. The molecular weight excluding hydrogens is 220 g/mol. The van der Waals surface area contributed by atoms with Crippen molar-refractivity contribution in [2.24, 2.45) is 5.41 Å². The molecule has 0 aliphatic carbocycles. The first-order chi connectivity index (χ1) is 6.96. The van der Waals surface area contributed by atoms with Crippen molar-refractivity contribution in [3.8, 4) is 0 Å². The molecule has 0 aromatic carbocycles. The topological polar surface area (TPSA) is 46.5 Å². The molecule has 16 heavy (non-hydrogen) atoms. The van der Waals surface area contributed by atoms with Crippen molar-refractivity contribution < 1.29 is 14.3 Å². The van der Waals surface area contributed by atoms with Gasteiger partial charge in [0, 0.05) is 0 Å². The summed E-state index contributed by atoms with van der Waals surface area (Å²) in [5.41, 5.74) is -0.991. The Balaban J connectivity index is 4.68. The second-order valence-electron chi connectivity index (χ2n) is 5.98. The number of hydrogen-bond donors (Lipinski definition) is 1. The normalized spacial score (nSPS) is 16.6. The van der Waals surface area contributed by atoms with E-state index in [9.17, 15) is 4.79 Å². The minimum atomic E-state index is -1.89. The Kier molecular flexibility index (Phi) is 4.53. The molecule has 4 heteroatoms. The molecule has 3 nitrogen and oxygen atoms in total. The quantitative estimate of drug-likeness (QED) is 0.596. The largest absolute Gasteiger partial charge is 0.481 e. The molecule has 1 unspecified atom stereocenters. The van der Waals surface area contributed by atoms with Crippen LogP contribution >= 0.6 is 0 Å². The van der Waals surface area contributed by atoms with Crippen LogP contribution in [0.3, 0.4) is 0 Å². The third-order valence-corrected chi connectivity index (χ3v) is 7.96. The Morgan fingerprint density at radius 2 is 1.81 bits per heavy atom. The molecule has 0 saturated heterocycles. The zero-order valence-corrected chi connectivity index (χ0v) is 12.3. The summed E-state index contributed by atoms with van der Waals surface area (Å²) in [6.45, 7) is 16.0. The summed E-state index contributed by atoms with van der Waals surface area (Å²) in [4.78, 5) is 11.1. The summed E-state index contributed by atoms with van der Waals surface area (Å²) in [5.74, 6) is -0.888. The van der Waals surface area contributed by atoms with Crippen LogP contribution in [0.1, 0.15) is 27.7 Å². The summed E-state index contributed by atoms with van der Waals surface area (Å²) in [6.07, 6.45) is 1.45. The van der Waals surface area contributed by atoms with Crippen LogP contribution < -0.4 is 0 Å². The number of rotatable bonds is 5. The molecule has 0 radical (unpaired) electrons. The molecule has 0 aromatic rings. The van der Waals surface area contributed by atoms with Crippen molar-refractivity contribution >= 4 is 14.3 Å². The van der Waals surface area contributed by atoms with Crippen molar-refractivity contribution in [1.29, 1.82) is 0 Å². The maximum Gasteiger partial charge on any atom is 0.315 e. The van der Waals surface area contributed by atoms with Crippen LogP contribution in [0.15, 0.2) is 12.7 Å². The summed E-state index contributed by atoms with van der Waals surface area (Å²) < 4.78 is 5.90. The second kappa shape index (κ2) is 4.71. The summed E-state index contributed by atoms with van der Waals surface area (Å²) in [6, 6.07) is 0. The van der Waals surface area contributed by atoms with Gasteiger partial charge in [0.15, 0.2) is 8.32 Å². The summed E-state index contributed by atoms with van der Waals surface area (Å²) >= 11 is 0. The minimum Gasteiger partial charge on any atom is -0.481 e. The van der Waals surface area contributed by atoms with Gasteiger partial charge >= 0.3 is 5.97 Å². The van der Waals surface area contributed by atoms with Gasteiger partial charge in [0.05, 0.1) is 6.61 Å². The first-order valence-corrected chi connectivity index (χ1v) is 8.38. The predicted octanol–water partition coefficient (Wildman–Crippen LogP) is 3.29. The molecule has 0 spiro atoms. The Morgan fingerprint density at radius 1 is 1.38 bits per heavy atom. The van der Waals surface area contributed by atoms with Gasteiger partial charge in [-0.1, -0.05) is 26.8 Å². The van der Waals surface area contributed by atoms with Gasteiger partial charge in [0.1, 0.15) is 5.41 Å². The molecule has 0 aromatic heterocycles. The van der Waals surface area contributed by atoms with E-state index in [4.69, 9.17) is 9.53 Å². The van der Waals surface area contributed by atoms with E-state index in [1.54, 1.807) is 6.92 Å². The van der Waals surface area contributed by atoms with Crippen LogP contribution in [0.2, 0.25) is 18.1 Å². The average Bonchev–Trinajstić information content (AvgIpc) is 2.12. The molecule has 0 bridgehead atoms. The Bertz CT molecular complexity index is 278. The molecule has 0 aliphatic heterocycles. The van der Waals surface area contributed by atoms with Crippen LogP contribution in [0, 0.1) is 5.41 Å². The van der Waals surface area contributed by atoms with Crippen LogP contribution in [0.5, 0.6) is 0 Å². The number of carbonyl (C=O) groups is 1. The monoisotopic (exact) mass is 244 g/mol. The van der Waals surface area contributed by atoms with Crippen molar-refractivity contribution in [3.63, 3.8) is 0 Å². The lowest BCUT2D eigenvalue weighted by molar-refractivity contribution is -0.146. The number of carboxylic acids is 1. The van der Waals surface area contributed by atoms with Crippen molar-refractivity contribution in [1.82, 2.24) is 0 Å². The zero-order chi connectivity index (χ0) is 13.2. The number of hydrogen-bond acceptors (Lipinski definition) is 2. The third kappa shape index (κ3) is 3.45. The Hall–Kier alpha value is -0.613. The van der Waals surface area contributed by atoms with Crippen molar-refractivity contribution in [2.75, 3.05) is 6.61 Å². The fourth-order valence-corrected chi connectivity index (χ4v) is 1.85. The molecule has 0 rings (SSSR count). The lowest BCUT2D eigenvalue weighted by Gasteiger charge is -2.38. The molecule has 0 amide bonds. The zero-order valence-electron chi connectivity index (χ0n) is 11.3. The van der Waals surface area contributed by atoms with Gasteiger partial charge in [-0.3, -0.25) is 4.79 Å². The first-order valence-electron chi connectivity index (χ1n) is 5.47. The van der Waals surface area contributed by atoms with E-state index >= 15 is 0 Å². The van der Waals surface area contributed by atoms with Gasteiger partial charge in [-0.05, 0) is 25.1 Å². The van der Waals surface area contributed by atoms with Gasteiger partial charge < -0.3 is 9.53 Å². The lowest BCUT2D eigenvalue weighted by atomic mass is 9.93. The van der Waals surface area contributed by atoms with E-state index in [2.05, 4.69) is 40.4 Å². The lowest BCUT2D eigenvalue weighted by Crippen LogP contribution is -2.44. The van der Waals surface area contributed by atoms with Crippen molar-refractivity contribution in [2.45, 2.75) is 45.8 Å². The van der Waals surface area contributed by atoms with Gasteiger partial charge in [-0.15, -0.1) is 6.58 Å². The molecule has 0 heterocycles. The standard InChI is InChI=1S/C12H24O3Si/c1-8-12(5,10(13)14)9-15-16(6,7)11(2,3)4/h8H,1,9H2,2-7H3,(H,13,14). The highest BCUT2D eigenvalue weighted by atomic mass is 28.4. The first kappa shape index (κ1) is 15.4. The molecule has 0 aliphatic rings. The number of carboxylic acid groups (broad SMARTS) is 1.